The van der Waals surface area contributed by atoms with Crippen LogP contribution in [0.2, 0.25) is 0 Å². The van der Waals surface area contributed by atoms with Crippen molar-refractivity contribution >= 4 is 27.9 Å². The molecule has 1 aromatic heterocycles. The highest BCUT2D eigenvalue weighted by molar-refractivity contribution is 7.18. The summed E-state index contributed by atoms with van der Waals surface area (Å²) in [6.45, 7) is 4.32. The lowest BCUT2D eigenvalue weighted by molar-refractivity contribution is -0.0109. The minimum atomic E-state index is -0.133. The topological polar surface area (TPSA) is 60.0 Å². The molecule has 1 N–H and O–H groups in total. The highest BCUT2D eigenvalue weighted by Gasteiger charge is 2.23. The lowest BCUT2D eigenvalue weighted by atomic mass is 10.1. The summed E-state index contributed by atoms with van der Waals surface area (Å²) >= 11 is 1.53. The van der Waals surface area contributed by atoms with Crippen molar-refractivity contribution in [1.29, 1.82) is 0 Å². The van der Waals surface area contributed by atoms with Crippen LogP contribution in [-0.4, -0.2) is 51.5 Å². The number of anilines is 2. The van der Waals surface area contributed by atoms with Gasteiger partial charge in [-0.3, -0.25) is 4.79 Å². The number of nitrogens with zero attached hydrogens (tertiary/aromatic N) is 1. The molecule has 2 aliphatic rings. The van der Waals surface area contributed by atoms with Crippen LogP contribution in [0.3, 0.4) is 0 Å². The zero-order chi connectivity index (χ0) is 23.2. The second-order valence-electron chi connectivity index (χ2n) is 8.54. The van der Waals surface area contributed by atoms with Gasteiger partial charge in [0.2, 0.25) is 0 Å². The van der Waals surface area contributed by atoms with E-state index in [9.17, 15) is 4.79 Å². The van der Waals surface area contributed by atoms with E-state index < -0.39 is 0 Å². The Morgan fingerprint density at radius 1 is 1.03 bits per heavy atom. The Bertz CT molecular complexity index is 1090. The van der Waals surface area contributed by atoms with Gasteiger partial charge >= 0.3 is 0 Å². The molecule has 1 amide bonds. The van der Waals surface area contributed by atoms with Gasteiger partial charge in [-0.25, -0.2) is 0 Å². The molecule has 7 heteroatoms. The molecule has 0 spiro atoms. The smallest absolute Gasteiger partial charge is 0.265 e. The number of hydrogen-bond donors (Lipinski definition) is 1. The van der Waals surface area contributed by atoms with Crippen molar-refractivity contribution in [3.05, 3.63) is 65.5 Å². The molecule has 2 saturated heterocycles. The first-order chi connectivity index (χ1) is 16.8. The van der Waals surface area contributed by atoms with Crippen LogP contribution in [0.1, 0.15) is 28.9 Å². The molecule has 3 heterocycles. The minimum Gasteiger partial charge on any atom is -0.489 e. The zero-order valence-corrected chi connectivity index (χ0v) is 20.0. The number of rotatable bonds is 7. The largest absolute Gasteiger partial charge is 0.489 e. The predicted molar refractivity (Wildman–Crippen MR) is 136 cm³/mol. The quantitative estimate of drug-likeness (QED) is 0.489. The standard InChI is InChI=1S/C27H30N2O4S/c30-26(28-23-11-4-5-12-24(23)33-19-21-10-6-7-15-32-21)25-18-22(20-8-2-1-3-9-20)27(34-25)29-13-16-31-17-14-29/h1-5,8-9,11-12,18,21H,6-7,10,13-17,19H2,(H,28,30). The average Bonchev–Trinajstić information content (AvgIpc) is 3.36. The lowest BCUT2D eigenvalue weighted by Crippen LogP contribution is -2.35. The third-order valence-corrected chi connectivity index (χ3v) is 7.35. The summed E-state index contributed by atoms with van der Waals surface area (Å²) in [5.74, 6) is 0.532. The monoisotopic (exact) mass is 478 g/mol. The second kappa shape index (κ2) is 11.0. The molecule has 3 aromatic rings. The van der Waals surface area contributed by atoms with E-state index in [1.807, 2.05) is 48.5 Å². The van der Waals surface area contributed by atoms with E-state index in [0.29, 0.717) is 36.1 Å². The lowest BCUT2D eigenvalue weighted by Gasteiger charge is -2.28. The number of para-hydroxylation sites is 2. The average molecular weight is 479 g/mol. The van der Waals surface area contributed by atoms with Gasteiger partial charge in [0.25, 0.3) is 5.91 Å². The number of thiophene rings is 1. The molecule has 1 atom stereocenters. The molecule has 0 aliphatic carbocycles. The minimum absolute atomic E-state index is 0.110. The fourth-order valence-corrected chi connectivity index (χ4v) is 5.45. The van der Waals surface area contributed by atoms with E-state index in [-0.39, 0.29) is 12.0 Å². The van der Waals surface area contributed by atoms with Crippen molar-refractivity contribution in [3.8, 4) is 16.9 Å². The first kappa shape index (κ1) is 22.9. The summed E-state index contributed by atoms with van der Waals surface area (Å²) in [6.07, 6.45) is 3.40. The van der Waals surface area contributed by atoms with Gasteiger partial charge in [-0.05, 0) is 43.0 Å². The van der Waals surface area contributed by atoms with Gasteiger partial charge in [0.1, 0.15) is 12.4 Å². The molecule has 178 valence electrons. The highest BCUT2D eigenvalue weighted by Crippen LogP contribution is 2.40. The van der Waals surface area contributed by atoms with E-state index in [0.717, 1.165) is 48.7 Å². The molecule has 5 rings (SSSR count). The van der Waals surface area contributed by atoms with Crippen LogP contribution in [0, 0.1) is 0 Å². The number of benzene rings is 2. The number of ether oxygens (including phenoxy) is 3. The zero-order valence-electron chi connectivity index (χ0n) is 19.2. The van der Waals surface area contributed by atoms with Gasteiger partial charge in [0.15, 0.2) is 0 Å². The fraction of sp³-hybridized carbons (Fsp3) is 0.370. The van der Waals surface area contributed by atoms with Crippen LogP contribution >= 0.6 is 11.3 Å². The summed E-state index contributed by atoms with van der Waals surface area (Å²) in [6, 6.07) is 19.8. The van der Waals surface area contributed by atoms with Crippen LogP contribution in [0.5, 0.6) is 5.75 Å². The van der Waals surface area contributed by atoms with Gasteiger partial charge in [-0.15, -0.1) is 11.3 Å². The summed E-state index contributed by atoms with van der Waals surface area (Å²) in [7, 11) is 0. The maximum atomic E-state index is 13.3. The van der Waals surface area contributed by atoms with E-state index in [1.165, 1.54) is 17.8 Å². The van der Waals surface area contributed by atoms with Crippen LogP contribution in [0.15, 0.2) is 60.7 Å². The molecule has 2 aromatic carbocycles. The van der Waals surface area contributed by atoms with Crippen LogP contribution in [0.25, 0.3) is 11.1 Å². The molecular weight excluding hydrogens is 448 g/mol. The predicted octanol–water partition coefficient (Wildman–Crippen LogP) is 5.45. The van der Waals surface area contributed by atoms with Gasteiger partial charge in [0, 0.05) is 25.3 Å². The number of carbonyl (C=O) groups is 1. The Morgan fingerprint density at radius 2 is 1.82 bits per heavy atom. The summed E-state index contributed by atoms with van der Waals surface area (Å²) < 4.78 is 17.4. The van der Waals surface area contributed by atoms with E-state index in [1.54, 1.807) is 0 Å². The van der Waals surface area contributed by atoms with E-state index in [2.05, 4.69) is 22.3 Å². The normalized spacial score (nSPS) is 18.5. The van der Waals surface area contributed by atoms with Gasteiger partial charge in [0.05, 0.1) is 34.9 Å². The van der Waals surface area contributed by atoms with Crippen molar-refractivity contribution in [3.63, 3.8) is 0 Å². The number of nitrogens with one attached hydrogen (secondary N) is 1. The number of morpholine rings is 1. The molecule has 2 fully saturated rings. The second-order valence-corrected chi connectivity index (χ2v) is 9.58. The van der Waals surface area contributed by atoms with Crippen molar-refractivity contribution in [2.45, 2.75) is 25.4 Å². The fourth-order valence-electron chi connectivity index (χ4n) is 4.32. The first-order valence-corrected chi connectivity index (χ1v) is 12.8. The molecular formula is C27H30N2O4S. The van der Waals surface area contributed by atoms with Gasteiger partial charge < -0.3 is 24.4 Å². The van der Waals surface area contributed by atoms with E-state index >= 15 is 0 Å². The van der Waals surface area contributed by atoms with Crippen molar-refractivity contribution in [1.82, 2.24) is 0 Å². The SMILES string of the molecule is O=C(Nc1ccccc1OCC1CCCCO1)c1cc(-c2ccccc2)c(N2CCOCC2)s1. The Labute approximate surface area is 204 Å². The van der Waals surface area contributed by atoms with Crippen molar-refractivity contribution < 1.29 is 19.0 Å². The van der Waals surface area contributed by atoms with Crippen LogP contribution < -0.4 is 15.0 Å². The highest BCUT2D eigenvalue weighted by atomic mass is 32.1. The number of carbonyl (C=O) groups excluding carboxylic acids is 1. The molecule has 2 aliphatic heterocycles. The molecule has 0 radical (unpaired) electrons. The van der Waals surface area contributed by atoms with Crippen LogP contribution in [-0.2, 0) is 9.47 Å². The Balaban J connectivity index is 1.35. The van der Waals surface area contributed by atoms with Gasteiger partial charge in [-0.1, -0.05) is 42.5 Å². The first-order valence-electron chi connectivity index (χ1n) is 11.9. The molecule has 1 unspecified atom stereocenters. The summed E-state index contributed by atoms with van der Waals surface area (Å²) in [5.41, 5.74) is 2.86. The maximum Gasteiger partial charge on any atom is 0.265 e. The third kappa shape index (κ3) is 5.43. The van der Waals surface area contributed by atoms with Crippen LogP contribution in [0.4, 0.5) is 10.7 Å². The summed E-state index contributed by atoms with van der Waals surface area (Å²) in [4.78, 5) is 16.3. The Kier molecular flexibility index (Phi) is 7.43. The van der Waals surface area contributed by atoms with Crippen molar-refractivity contribution in [2.24, 2.45) is 0 Å². The third-order valence-electron chi connectivity index (χ3n) is 6.15. The molecule has 34 heavy (non-hydrogen) atoms. The van der Waals surface area contributed by atoms with E-state index in [4.69, 9.17) is 14.2 Å². The van der Waals surface area contributed by atoms with Gasteiger partial charge in [-0.2, -0.15) is 0 Å². The Hall–Kier alpha value is -2.87. The summed E-state index contributed by atoms with van der Waals surface area (Å²) in [5, 5.41) is 4.18. The molecule has 0 bridgehead atoms. The molecule has 6 nitrogen and oxygen atoms in total. The number of amides is 1. The van der Waals surface area contributed by atoms with Crippen molar-refractivity contribution in [2.75, 3.05) is 49.7 Å². The maximum absolute atomic E-state index is 13.3. The Morgan fingerprint density at radius 3 is 2.62 bits per heavy atom. The number of hydrogen-bond acceptors (Lipinski definition) is 6. The molecule has 0 saturated carbocycles.